The molecular weight excluding hydrogens is 440 g/mol. The van der Waals surface area contributed by atoms with Gasteiger partial charge in [0.15, 0.2) is 0 Å². The number of benzene rings is 1. The Bertz CT molecular complexity index is 1070. The summed E-state index contributed by atoms with van der Waals surface area (Å²) in [7, 11) is 0. The molecule has 0 spiro atoms. The van der Waals surface area contributed by atoms with E-state index in [1.807, 2.05) is 22.8 Å². The number of carbonyl (C=O) groups is 2. The molecule has 2 amide bonds. The first-order valence-electron chi connectivity index (χ1n) is 13.0. The molecule has 2 aliphatic rings. The first kappa shape index (κ1) is 25.2. The highest BCUT2D eigenvalue weighted by Gasteiger charge is 2.27. The molecule has 1 aromatic carbocycles. The van der Waals surface area contributed by atoms with E-state index in [0.29, 0.717) is 12.5 Å². The van der Waals surface area contributed by atoms with Gasteiger partial charge in [-0.25, -0.2) is 0 Å². The van der Waals surface area contributed by atoms with Crippen LogP contribution < -0.4 is 16.1 Å². The number of nitrogens with zero attached hydrogens (tertiary/aromatic N) is 2. The molecule has 0 radical (unpaired) electrons. The van der Waals surface area contributed by atoms with Crippen molar-refractivity contribution in [3.05, 3.63) is 69.6 Å². The normalized spacial score (nSPS) is 18.8. The topological polar surface area (TPSA) is 83.4 Å². The maximum atomic E-state index is 13.3. The molecule has 1 saturated heterocycles. The zero-order valence-corrected chi connectivity index (χ0v) is 21.0. The van der Waals surface area contributed by atoms with Crippen molar-refractivity contribution in [2.75, 3.05) is 19.6 Å². The van der Waals surface area contributed by atoms with E-state index in [2.05, 4.69) is 41.5 Å². The van der Waals surface area contributed by atoms with E-state index >= 15 is 0 Å². The highest BCUT2D eigenvalue weighted by molar-refractivity contribution is 5.99. The molecule has 2 aromatic rings. The molecule has 0 bridgehead atoms. The van der Waals surface area contributed by atoms with Crippen molar-refractivity contribution >= 4 is 11.8 Å². The van der Waals surface area contributed by atoms with Crippen molar-refractivity contribution in [2.45, 2.75) is 71.0 Å². The smallest absolute Gasteiger partial charge is 0.257 e. The van der Waals surface area contributed by atoms with E-state index in [4.69, 9.17) is 0 Å². The number of hydrogen-bond acceptors (Lipinski definition) is 4. The zero-order valence-electron chi connectivity index (χ0n) is 21.0. The largest absolute Gasteiger partial charge is 0.352 e. The summed E-state index contributed by atoms with van der Waals surface area (Å²) in [6.45, 7) is 7.17. The number of carbonyl (C=O) groups excluding carboxylic acids is 2. The lowest BCUT2D eigenvalue weighted by molar-refractivity contribution is 0.0935. The molecule has 1 aromatic heterocycles. The fourth-order valence-corrected chi connectivity index (χ4v) is 5.10. The van der Waals surface area contributed by atoms with E-state index in [1.54, 1.807) is 12.4 Å². The number of hydrogen-bond donors (Lipinski definition) is 2. The predicted octanol–water partition coefficient (Wildman–Crippen LogP) is 3.74. The molecule has 1 saturated carbocycles. The monoisotopic (exact) mass is 478 g/mol. The highest BCUT2D eigenvalue weighted by Crippen LogP contribution is 2.29. The Labute approximate surface area is 207 Å². The number of pyridine rings is 1. The Morgan fingerprint density at radius 3 is 2.37 bits per heavy atom. The summed E-state index contributed by atoms with van der Waals surface area (Å²) in [5.41, 5.74) is 0.883. The molecule has 188 valence electrons. The van der Waals surface area contributed by atoms with Gasteiger partial charge in [0, 0.05) is 50.7 Å². The third kappa shape index (κ3) is 6.60. The van der Waals surface area contributed by atoms with Gasteiger partial charge in [0.1, 0.15) is 11.1 Å². The van der Waals surface area contributed by atoms with Gasteiger partial charge in [-0.2, -0.15) is 0 Å². The average molecular weight is 479 g/mol. The number of rotatable bonds is 9. The zero-order chi connectivity index (χ0) is 24.8. The van der Waals surface area contributed by atoms with Gasteiger partial charge in [-0.3, -0.25) is 19.3 Å². The van der Waals surface area contributed by atoms with Crippen molar-refractivity contribution in [3.63, 3.8) is 0 Å². The van der Waals surface area contributed by atoms with Crippen molar-refractivity contribution in [3.8, 4) is 0 Å². The maximum absolute atomic E-state index is 13.3. The van der Waals surface area contributed by atoms with Gasteiger partial charge in [-0.1, -0.05) is 57.0 Å². The minimum absolute atomic E-state index is 0.0194. The SMILES string of the molecule is CC(C)CCNC(=O)c1cn(C2CCCC2)cc(C(=O)N[C@@H]2CCN(Cc3ccccc3)C2)c1=O. The minimum Gasteiger partial charge on any atom is -0.352 e. The molecule has 1 aliphatic carbocycles. The van der Waals surface area contributed by atoms with Gasteiger partial charge in [-0.15, -0.1) is 0 Å². The molecule has 2 heterocycles. The lowest BCUT2D eigenvalue weighted by Crippen LogP contribution is -2.41. The Kier molecular flexibility index (Phi) is 8.39. The summed E-state index contributed by atoms with van der Waals surface area (Å²) in [4.78, 5) is 41.7. The van der Waals surface area contributed by atoms with Crippen LogP contribution in [0.25, 0.3) is 0 Å². The van der Waals surface area contributed by atoms with E-state index in [-0.39, 0.29) is 29.1 Å². The van der Waals surface area contributed by atoms with Crippen LogP contribution in [0.2, 0.25) is 0 Å². The van der Waals surface area contributed by atoms with E-state index in [0.717, 1.165) is 58.2 Å². The third-order valence-corrected chi connectivity index (χ3v) is 7.15. The maximum Gasteiger partial charge on any atom is 0.257 e. The fourth-order valence-electron chi connectivity index (χ4n) is 5.10. The summed E-state index contributed by atoms with van der Waals surface area (Å²) >= 11 is 0. The molecule has 1 aliphatic heterocycles. The molecule has 1 atom stereocenters. The number of nitrogens with one attached hydrogen (secondary N) is 2. The summed E-state index contributed by atoms with van der Waals surface area (Å²) < 4.78 is 1.93. The van der Waals surface area contributed by atoms with Crippen LogP contribution in [0.1, 0.15) is 84.7 Å². The van der Waals surface area contributed by atoms with E-state index in [9.17, 15) is 14.4 Å². The van der Waals surface area contributed by atoms with Gasteiger partial charge in [-0.05, 0) is 37.2 Å². The van der Waals surface area contributed by atoms with Gasteiger partial charge < -0.3 is 15.2 Å². The van der Waals surface area contributed by atoms with Crippen LogP contribution in [-0.4, -0.2) is 47.0 Å². The van der Waals surface area contributed by atoms with Crippen LogP contribution in [0.15, 0.2) is 47.5 Å². The second-order valence-corrected chi connectivity index (χ2v) is 10.4. The molecule has 2 N–H and O–H groups in total. The summed E-state index contributed by atoms with van der Waals surface area (Å²) in [6.07, 6.45) is 9.22. The fraction of sp³-hybridized carbons (Fsp3) is 0.536. The van der Waals surface area contributed by atoms with E-state index < -0.39 is 11.3 Å². The summed E-state index contributed by atoms with van der Waals surface area (Å²) in [5, 5.41) is 5.93. The van der Waals surface area contributed by atoms with Crippen molar-refractivity contribution in [1.82, 2.24) is 20.1 Å². The molecule has 7 heteroatoms. The summed E-state index contributed by atoms with van der Waals surface area (Å²) in [5.74, 6) is -0.326. The van der Waals surface area contributed by atoms with Gasteiger partial charge in [0.2, 0.25) is 5.43 Å². The third-order valence-electron chi connectivity index (χ3n) is 7.15. The van der Waals surface area contributed by atoms with Crippen molar-refractivity contribution < 1.29 is 9.59 Å². The quantitative estimate of drug-likeness (QED) is 0.575. The van der Waals surface area contributed by atoms with Crippen LogP contribution in [0.5, 0.6) is 0 Å². The second kappa shape index (κ2) is 11.7. The van der Waals surface area contributed by atoms with E-state index in [1.165, 1.54) is 5.56 Å². The number of amides is 2. The summed E-state index contributed by atoms with van der Waals surface area (Å²) in [6, 6.07) is 10.5. The standard InChI is InChI=1S/C28H38N4O3/c1-20(2)12-14-29-27(34)24-18-32(23-10-6-7-11-23)19-25(26(24)33)28(35)30-22-13-15-31(17-22)16-21-8-4-3-5-9-21/h3-5,8-9,18-20,22-23H,6-7,10-17H2,1-2H3,(H,29,34)(H,30,35)/t22-/m1/s1. The highest BCUT2D eigenvalue weighted by atomic mass is 16.2. The first-order valence-corrected chi connectivity index (χ1v) is 13.0. The van der Waals surface area contributed by atoms with Gasteiger partial charge >= 0.3 is 0 Å². The predicted molar refractivity (Wildman–Crippen MR) is 138 cm³/mol. The molecule has 35 heavy (non-hydrogen) atoms. The lowest BCUT2D eigenvalue weighted by atomic mass is 10.1. The van der Waals surface area contributed by atoms with Crippen LogP contribution in [0, 0.1) is 5.92 Å². The lowest BCUT2D eigenvalue weighted by Gasteiger charge is -2.19. The number of aromatic nitrogens is 1. The molecule has 7 nitrogen and oxygen atoms in total. The Hall–Kier alpha value is -2.93. The number of likely N-dealkylation sites (tertiary alicyclic amines) is 1. The molecule has 0 unspecified atom stereocenters. The van der Waals surface area contributed by atoms with Gasteiger partial charge in [0.25, 0.3) is 11.8 Å². The van der Waals surface area contributed by atoms with Crippen LogP contribution in [0.3, 0.4) is 0 Å². The van der Waals surface area contributed by atoms with Crippen LogP contribution in [-0.2, 0) is 6.54 Å². The molecule has 4 rings (SSSR count). The first-order chi connectivity index (χ1) is 16.9. The minimum atomic E-state index is -0.488. The Balaban J connectivity index is 1.48. The Morgan fingerprint density at radius 2 is 1.69 bits per heavy atom. The Morgan fingerprint density at radius 1 is 1.00 bits per heavy atom. The molecular formula is C28H38N4O3. The average Bonchev–Trinajstić information content (AvgIpc) is 3.52. The second-order valence-electron chi connectivity index (χ2n) is 10.4. The van der Waals surface area contributed by atoms with Gasteiger partial charge in [0.05, 0.1) is 0 Å². The van der Waals surface area contributed by atoms with Crippen molar-refractivity contribution in [2.24, 2.45) is 5.92 Å². The van der Waals surface area contributed by atoms with Crippen molar-refractivity contribution in [1.29, 1.82) is 0 Å². The van der Waals surface area contributed by atoms with Crippen LogP contribution in [0.4, 0.5) is 0 Å². The molecule has 2 fully saturated rings. The van der Waals surface area contributed by atoms with Crippen LogP contribution >= 0.6 is 0 Å².